The number of rotatable bonds is 1. The highest BCUT2D eigenvalue weighted by Gasteiger charge is 2.48. The second-order valence-electron chi connectivity index (χ2n) is 2.86. The summed E-state index contributed by atoms with van der Waals surface area (Å²) >= 11 is 2.98. The average Bonchev–Trinajstić information content (AvgIpc) is 2.30. The van der Waals surface area contributed by atoms with Crippen LogP contribution in [-0.4, -0.2) is 16.1 Å². The van der Waals surface area contributed by atoms with Gasteiger partial charge < -0.3 is 4.52 Å². The Kier molecular flexibility index (Phi) is 1.67. The van der Waals surface area contributed by atoms with Gasteiger partial charge in [0.2, 0.25) is 16.5 Å². The van der Waals surface area contributed by atoms with E-state index in [4.69, 9.17) is 4.52 Å². The van der Waals surface area contributed by atoms with Crippen molar-refractivity contribution in [2.24, 2.45) is 0 Å². The highest BCUT2D eigenvalue weighted by molar-refractivity contribution is 9.10. The molecular formula is C6H5BrF2N2O. The zero-order valence-electron chi connectivity index (χ0n) is 5.93. The Labute approximate surface area is 75.3 Å². The summed E-state index contributed by atoms with van der Waals surface area (Å²) in [6, 6.07) is 0. The van der Waals surface area contributed by atoms with Crippen LogP contribution in [0.1, 0.15) is 24.7 Å². The van der Waals surface area contributed by atoms with Gasteiger partial charge in [0, 0.05) is 18.8 Å². The van der Waals surface area contributed by atoms with Gasteiger partial charge in [0.25, 0.3) is 0 Å². The van der Waals surface area contributed by atoms with Crippen molar-refractivity contribution in [2.75, 3.05) is 0 Å². The van der Waals surface area contributed by atoms with Crippen LogP contribution in [0.15, 0.2) is 9.26 Å². The minimum atomic E-state index is -2.54. The number of alkyl halides is 2. The minimum absolute atomic E-state index is 0.179. The summed E-state index contributed by atoms with van der Waals surface area (Å²) in [7, 11) is 0. The summed E-state index contributed by atoms with van der Waals surface area (Å²) in [6.07, 6.45) is -0.358. The maximum Gasteiger partial charge on any atom is 0.249 e. The molecule has 12 heavy (non-hydrogen) atoms. The van der Waals surface area contributed by atoms with Crippen molar-refractivity contribution >= 4 is 15.9 Å². The highest BCUT2D eigenvalue weighted by atomic mass is 79.9. The second-order valence-corrected chi connectivity index (χ2v) is 3.57. The van der Waals surface area contributed by atoms with Crippen LogP contribution in [0.5, 0.6) is 0 Å². The summed E-state index contributed by atoms with van der Waals surface area (Å²) in [6.45, 7) is 0. The third kappa shape index (κ3) is 1.35. The molecule has 2 rings (SSSR count). The van der Waals surface area contributed by atoms with E-state index in [0.29, 0.717) is 10.6 Å². The predicted octanol–water partition coefficient (Wildman–Crippen LogP) is 2.34. The van der Waals surface area contributed by atoms with Gasteiger partial charge in [0.1, 0.15) is 0 Å². The zero-order valence-corrected chi connectivity index (χ0v) is 7.51. The molecule has 1 saturated carbocycles. The van der Waals surface area contributed by atoms with Gasteiger partial charge in [-0.05, 0) is 21.1 Å². The summed E-state index contributed by atoms with van der Waals surface area (Å²) in [5.74, 6) is -2.50. The Morgan fingerprint density at radius 1 is 1.50 bits per heavy atom. The molecule has 0 atom stereocenters. The summed E-state index contributed by atoms with van der Waals surface area (Å²) in [5, 5.41) is 3.45. The molecule has 3 nitrogen and oxygen atoms in total. The van der Waals surface area contributed by atoms with Gasteiger partial charge >= 0.3 is 0 Å². The SMILES string of the molecule is FC1(F)CC(c2nc(Br)no2)C1. The molecule has 0 unspecified atom stereocenters. The van der Waals surface area contributed by atoms with Crippen LogP contribution in [0, 0.1) is 0 Å². The molecular weight excluding hydrogens is 234 g/mol. The average molecular weight is 239 g/mol. The lowest BCUT2D eigenvalue weighted by molar-refractivity contribution is -0.0925. The van der Waals surface area contributed by atoms with Gasteiger partial charge in [0.05, 0.1) is 0 Å². The Bertz CT molecular complexity index is 293. The van der Waals surface area contributed by atoms with Crippen molar-refractivity contribution in [3.63, 3.8) is 0 Å². The van der Waals surface area contributed by atoms with E-state index >= 15 is 0 Å². The Hall–Kier alpha value is -0.520. The lowest BCUT2D eigenvalue weighted by Crippen LogP contribution is -2.33. The first-order valence-corrected chi connectivity index (χ1v) is 4.23. The van der Waals surface area contributed by atoms with E-state index in [1.807, 2.05) is 0 Å². The molecule has 0 aliphatic heterocycles. The lowest BCUT2D eigenvalue weighted by atomic mass is 9.81. The molecule has 0 aromatic carbocycles. The lowest BCUT2D eigenvalue weighted by Gasteiger charge is -2.31. The van der Waals surface area contributed by atoms with Gasteiger partial charge in [-0.1, -0.05) is 0 Å². The van der Waals surface area contributed by atoms with Crippen LogP contribution in [0.2, 0.25) is 0 Å². The summed E-state index contributed by atoms with van der Waals surface area (Å²) < 4.78 is 29.8. The number of halogens is 3. The van der Waals surface area contributed by atoms with E-state index in [0.717, 1.165) is 0 Å². The van der Waals surface area contributed by atoms with Crippen molar-refractivity contribution in [1.82, 2.24) is 10.1 Å². The van der Waals surface area contributed by atoms with Crippen molar-refractivity contribution in [3.8, 4) is 0 Å². The van der Waals surface area contributed by atoms with E-state index in [1.165, 1.54) is 0 Å². The molecule has 1 aliphatic rings. The maximum atomic E-state index is 12.4. The molecule has 1 fully saturated rings. The number of hydrogen-bond donors (Lipinski definition) is 0. The third-order valence-electron chi connectivity index (χ3n) is 1.86. The van der Waals surface area contributed by atoms with Gasteiger partial charge in [-0.15, -0.1) is 0 Å². The highest BCUT2D eigenvalue weighted by Crippen LogP contribution is 2.47. The zero-order chi connectivity index (χ0) is 8.77. The fourth-order valence-corrected chi connectivity index (χ4v) is 1.46. The fourth-order valence-electron chi connectivity index (χ4n) is 1.22. The maximum absolute atomic E-state index is 12.4. The fraction of sp³-hybridized carbons (Fsp3) is 0.667. The van der Waals surface area contributed by atoms with Crippen molar-refractivity contribution in [2.45, 2.75) is 24.7 Å². The molecule has 0 saturated heterocycles. The van der Waals surface area contributed by atoms with Gasteiger partial charge in [-0.2, -0.15) is 4.98 Å². The number of nitrogens with zero attached hydrogens (tertiary/aromatic N) is 2. The van der Waals surface area contributed by atoms with Gasteiger partial charge in [0.15, 0.2) is 0 Å². The number of aromatic nitrogens is 2. The second kappa shape index (κ2) is 2.48. The van der Waals surface area contributed by atoms with Crippen molar-refractivity contribution in [3.05, 3.63) is 10.6 Å². The first-order chi connectivity index (χ1) is 5.57. The van der Waals surface area contributed by atoms with E-state index in [1.54, 1.807) is 0 Å². The molecule has 0 N–H and O–H groups in total. The molecule has 0 amide bonds. The summed E-state index contributed by atoms with van der Waals surface area (Å²) in [5.41, 5.74) is 0. The van der Waals surface area contributed by atoms with E-state index < -0.39 is 5.92 Å². The van der Waals surface area contributed by atoms with Gasteiger partial charge in [-0.3, -0.25) is 0 Å². The molecule has 1 aromatic rings. The molecule has 1 aromatic heterocycles. The van der Waals surface area contributed by atoms with Crippen molar-refractivity contribution < 1.29 is 13.3 Å². The predicted molar refractivity (Wildman–Crippen MR) is 38.9 cm³/mol. The van der Waals surface area contributed by atoms with E-state index in [9.17, 15) is 8.78 Å². The molecule has 0 radical (unpaired) electrons. The molecule has 66 valence electrons. The Morgan fingerprint density at radius 2 is 2.17 bits per heavy atom. The standard InChI is InChI=1S/C6H5BrF2N2O/c7-5-10-4(12-11-5)3-1-6(8,9)2-3/h3H,1-2H2. The molecule has 1 heterocycles. The first-order valence-electron chi connectivity index (χ1n) is 3.44. The van der Waals surface area contributed by atoms with Crippen LogP contribution in [0.25, 0.3) is 0 Å². The topological polar surface area (TPSA) is 38.9 Å². The van der Waals surface area contributed by atoms with E-state index in [2.05, 4.69) is 26.1 Å². The van der Waals surface area contributed by atoms with Crippen LogP contribution in [0.3, 0.4) is 0 Å². The number of hydrogen-bond acceptors (Lipinski definition) is 3. The first kappa shape index (κ1) is 8.10. The van der Waals surface area contributed by atoms with Gasteiger partial charge in [-0.25, -0.2) is 8.78 Å². The molecule has 6 heteroatoms. The Morgan fingerprint density at radius 3 is 2.58 bits per heavy atom. The monoisotopic (exact) mass is 238 g/mol. The van der Waals surface area contributed by atoms with Crippen molar-refractivity contribution in [1.29, 1.82) is 0 Å². The smallest absolute Gasteiger partial charge is 0.249 e. The van der Waals surface area contributed by atoms with Crippen LogP contribution in [0.4, 0.5) is 8.78 Å². The largest absolute Gasteiger partial charge is 0.338 e. The molecule has 0 spiro atoms. The minimum Gasteiger partial charge on any atom is -0.338 e. The van der Waals surface area contributed by atoms with E-state index in [-0.39, 0.29) is 18.8 Å². The quantitative estimate of drug-likeness (QED) is 0.754. The van der Waals surface area contributed by atoms with Crippen LogP contribution < -0.4 is 0 Å². The molecule has 1 aliphatic carbocycles. The van der Waals surface area contributed by atoms with Crippen LogP contribution >= 0.6 is 15.9 Å². The Balaban J connectivity index is 2.06. The van der Waals surface area contributed by atoms with Crippen LogP contribution in [-0.2, 0) is 0 Å². The summed E-state index contributed by atoms with van der Waals surface area (Å²) in [4.78, 5) is 3.80. The normalized spacial score (nSPS) is 22.2. The third-order valence-corrected chi connectivity index (χ3v) is 2.18. The molecule has 0 bridgehead atoms.